The molecule has 0 aromatic carbocycles. The van der Waals surface area contributed by atoms with E-state index in [9.17, 15) is 5.11 Å². The van der Waals surface area contributed by atoms with Crippen molar-refractivity contribution in [2.45, 2.75) is 39.3 Å². The number of hydrogen-bond acceptors (Lipinski definition) is 5. The zero-order valence-corrected chi connectivity index (χ0v) is 13.1. The highest BCUT2D eigenvalue weighted by Crippen LogP contribution is 2.22. The van der Waals surface area contributed by atoms with Gasteiger partial charge in [0.25, 0.3) is 0 Å². The van der Waals surface area contributed by atoms with Crippen LogP contribution < -0.4 is 10.1 Å². The second-order valence-electron chi connectivity index (χ2n) is 4.90. The molecule has 0 fully saturated rings. The van der Waals surface area contributed by atoms with Crippen molar-refractivity contribution in [3.63, 3.8) is 0 Å². The highest BCUT2D eigenvalue weighted by Gasteiger charge is 2.17. The fourth-order valence-electron chi connectivity index (χ4n) is 2.47. The highest BCUT2D eigenvalue weighted by molar-refractivity contribution is 7.15. The molecule has 2 N–H and O–H groups in total. The minimum absolute atomic E-state index is 0.304. The Morgan fingerprint density at radius 1 is 1.45 bits per heavy atom. The summed E-state index contributed by atoms with van der Waals surface area (Å²) < 4.78 is 7.34. The first-order valence-corrected chi connectivity index (χ1v) is 7.96. The van der Waals surface area contributed by atoms with E-state index in [0.717, 1.165) is 23.5 Å². The second-order valence-corrected chi connectivity index (χ2v) is 5.77. The van der Waals surface area contributed by atoms with Gasteiger partial charge in [-0.05, 0) is 5.92 Å². The van der Waals surface area contributed by atoms with Gasteiger partial charge >= 0.3 is 0 Å². The number of thiazole rings is 1. The predicted molar refractivity (Wildman–Crippen MR) is 81.4 cm³/mol. The molecule has 1 unspecified atom stereocenters. The van der Waals surface area contributed by atoms with Crippen LogP contribution in [0.2, 0.25) is 0 Å². The Balaban J connectivity index is 1.97. The summed E-state index contributed by atoms with van der Waals surface area (Å²) in [6.07, 6.45) is 3.69. The van der Waals surface area contributed by atoms with E-state index in [0.29, 0.717) is 24.9 Å². The highest BCUT2D eigenvalue weighted by atomic mass is 32.1. The third-order valence-electron chi connectivity index (χ3n) is 3.76. The number of ether oxygens (including phenoxy) is 1. The molecule has 112 valence electrons. The monoisotopic (exact) mass is 297 g/mol. The minimum atomic E-state index is -0.304. The SMILES string of the molecule is CCC(CC)C(O)CNCc1c(OC)nc2sccn12. The summed E-state index contributed by atoms with van der Waals surface area (Å²) in [5, 5.41) is 15.4. The fraction of sp³-hybridized carbons (Fsp3) is 0.643. The summed E-state index contributed by atoms with van der Waals surface area (Å²) in [6.45, 7) is 5.46. The molecule has 0 bridgehead atoms. The number of rotatable bonds is 8. The lowest BCUT2D eigenvalue weighted by Gasteiger charge is -2.20. The van der Waals surface area contributed by atoms with Crippen molar-refractivity contribution in [1.82, 2.24) is 14.7 Å². The molecule has 0 spiro atoms. The molecule has 1 atom stereocenters. The van der Waals surface area contributed by atoms with Crippen LogP contribution in [0.1, 0.15) is 32.4 Å². The molecule has 0 amide bonds. The van der Waals surface area contributed by atoms with Crippen molar-refractivity contribution in [2.75, 3.05) is 13.7 Å². The van der Waals surface area contributed by atoms with E-state index >= 15 is 0 Å². The van der Waals surface area contributed by atoms with Crippen molar-refractivity contribution in [3.8, 4) is 5.88 Å². The zero-order chi connectivity index (χ0) is 14.5. The average molecular weight is 297 g/mol. The van der Waals surface area contributed by atoms with Gasteiger partial charge in [0.05, 0.1) is 13.2 Å². The average Bonchev–Trinajstić information content (AvgIpc) is 3.02. The molecule has 0 saturated carbocycles. The van der Waals surface area contributed by atoms with E-state index < -0.39 is 0 Å². The molecule has 20 heavy (non-hydrogen) atoms. The van der Waals surface area contributed by atoms with Crippen LogP contribution in [-0.4, -0.2) is 34.2 Å². The Morgan fingerprint density at radius 3 is 2.85 bits per heavy atom. The largest absolute Gasteiger partial charge is 0.480 e. The quantitative estimate of drug-likeness (QED) is 0.785. The second kappa shape index (κ2) is 7.06. The van der Waals surface area contributed by atoms with E-state index in [2.05, 4.69) is 24.1 Å². The maximum atomic E-state index is 10.1. The molecule has 5 nitrogen and oxygen atoms in total. The molecular weight excluding hydrogens is 274 g/mol. The number of nitrogens with zero attached hydrogens (tertiary/aromatic N) is 2. The van der Waals surface area contributed by atoms with Crippen molar-refractivity contribution in [2.24, 2.45) is 5.92 Å². The number of aliphatic hydroxyl groups excluding tert-OH is 1. The summed E-state index contributed by atoms with van der Waals surface area (Å²) in [5.74, 6) is 1.01. The number of aliphatic hydroxyl groups is 1. The molecule has 0 radical (unpaired) electrons. The Kier molecular flexibility index (Phi) is 5.39. The first-order chi connectivity index (χ1) is 9.71. The van der Waals surface area contributed by atoms with Gasteiger partial charge in [-0.15, -0.1) is 11.3 Å². The molecule has 2 aromatic heterocycles. The standard InChI is InChI=1S/C14H23N3O2S/c1-4-10(5-2)12(18)9-15-8-11-13(19-3)16-14-17(11)6-7-20-14/h6-7,10,12,15,18H,4-5,8-9H2,1-3H3. The third-order valence-corrected chi connectivity index (χ3v) is 4.51. The van der Waals surface area contributed by atoms with Crippen molar-refractivity contribution >= 4 is 16.3 Å². The Morgan fingerprint density at radius 2 is 2.20 bits per heavy atom. The zero-order valence-electron chi connectivity index (χ0n) is 12.3. The summed E-state index contributed by atoms with van der Waals surface area (Å²) in [5.41, 5.74) is 1.00. The summed E-state index contributed by atoms with van der Waals surface area (Å²) in [7, 11) is 1.63. The first-order valence-electron chi connectivity index (χ1n) is 7.08. The maximum absolute atomic E-state index is 10.1. The van der Waals surface area contributed by atoms with Gasteiger partial charge in [-0.1, -0.05) is 26.7 Å². The normalized spacial score (nSPS) is 13.2. The van der Waals surface area contributed by atoms with E-state index in [1.165, 1.54) is 0 Å². The van der Waals surface area contributed by atoms with Gasteiger partial charge in [0.2, 0.25) is 5.88 Å². The minimum Gasteiger partial charge on any atom is -0.480 e. The topological polar surface area (TPSA) is 58.8 Å². The van der Waals surface area contributed by atoms with E-state index in [4.69, 9.17) is 4.74 Å². The van der Waals surface area contributed by atoms with Crippen LogP contribution in [0.5, 0.6) is 5.88 Å². The third kappa shape index (κ3) is 3.13. The Bertz CT molecular complexity index is 533. The van der Waals surface area contributed by atoms with Gasteiger partial charge in [0.1, 0.15) is 5.69 Å². The molecule has 0 aliphatic rings. The first kappa shape index (κ1) is 15.3. The number of methoxy groups -OCH3 is 1. The van der Waals surface area contributed by atoms with Crippen LogP contribution in [-0.2, 0) is 6.54 Å². The van der Waals surface area contributed by atoms with Crippen LogP contribution in [0, 0.1) is 5.92 Å². The predicted octanol–water partition coefficient (Wildman–Crippen LogP) is 2.29. The van der Waals surface area contributed by atoms with E-state index in [-0.39, 0.29) is 6.10 Å². The van der Waals surface area contributed by atoms with Gasteiger partial charge in [-0.25, -0.2) is 0 Å². The van der Waals surface area contributed by atoms with Gasteiger partial charge in [0, 0.05) is 24.7 Å². The van der Waals surface area contributed by atoms with Crippen molar-refractivity contribution in [1.29, 1.82) is 0 Å². The molecule has 2 rings (SSSR count). The van der Waals surface area contributed by atoms with Gasteiger partial charge < -0.3 is 15.2 Å². The summed E-state index contributed by atoms with van der Waals surface area (Å²) in [4.78, 5) is 5.34. The van der Waals surface area contributed by atoms with Crippen LogP contribution in [0.25, 0.3) is 4.96 Å². The van der Waals surface area contributed by atoms with Crippen LogP contribution in [0.3, 0.4) is 0 Å². The van der Waals surface area contributed by atoms with Crippen LogP contribution in [0.15, 0.2) is 11.6 Å². The molecular formula is C14H23N3O2S. The number of imidazole rings is 1. The van der Waals surface area contributed by atoms with Crippen LogP contribution >= 0.6 is 11.3 Å². The van der Waals surface area contributed by atoms with Gasteiger partial charge in [-0.3, -0.25) is 4.40 Å². The number of hydrogen-bond donors (Lipinski definition) is 2. The fourth-order valence-corrected chi connectivity index (χ4v) is 3.20. The Labute approximate surface area is 123 Å². The van der Waals surface area contributed by atoms with Gasteiger partial charge in [0.15, 0.2) is 4.96 Å². The number of fused-ring (bicyclic) bond motifs is 1. The van der Waals surface area contributed by atoms with Crippen molar-refractivity contribution in [3.05, 3.63) is 17.3 Å². The summed E-state index contributed by atoms with van der Waals surface area (Å²) >= 11 is 1.58. The number of aromatic nitrogens is 2. The summed E-state index contributed by atoms with van der Waals surface area (Å²) in [6, 6.07) is 0. The smallest absolute Gasteiger partial charge is 0.237 e. The molecule has 6 heteroatoms. The van der Waals surface area contributed by atoms with E-state index in [1.54, 1.807) is 18.4 Å². The molecule has 2 heterocycles. The molecule has 0 aliphatic carbocycles. The Hall–Kier alpha value is -1.11. The molecule has 0 saturated heterocycles. The lowest BCUT2D eigenvalue weighted by molar-refractivity contribution is 0.101. The lowest BCUT2D eigenvalue weighted by Crippen LogP contribution is -2.32. The number of nitrogens with one attached hydrogen (secondary N) is 1. The van der Waals surface area contributed by atoms with Gasteiger partial charge in [-0.2, -0.15) is 4.98 Å². The van der Waals surface area contributed by atoms with E-state index in [1.807, 2.05) is 16.0 Å². The lowest BCUT2D eigenvalue weighted by atomic mass is 9.96. The van der Waals surface area contributed by atoms with Crippen molar-refractivity contribution < 1.29 is 9.84 Å². The van der Waals surface area contributed by atoms with Crippen LogP contribution in [0.4, 0.5) is 0 Å². The molecule has 0 aliphatic heterocycles. The maximum Gasteiger partial charge on any atom is 0.237 e. The molecule has 2 aromatic rings.